The Balaban J connectivity index is 1.93. The number of nitrogens with one attached hydrogen (secondary N) is 2. The third-order valence-corrected chi connectivity index (χ3v) is 4.10. The van der Waals surface area contributed by atoms with Crippen molar-refractivity contribution in [2.45, 2.75) is 30.7 Å². The summed E-state index contributed by atoms with van der Waals surface area (Å²) >= 11 is 4.69. The van der Waals surface area contributed by atoms with Crippen LogP contribution in [0.3, 0.4) is 0 Å². The van der Waals surface area contributed by atoms with Crippen molar-refractivity contribution in [3.05, 3.63) is 34.6 Å². The van der Waals surface area contributed by atoms with Crippen molar-refractivity contribution < 1.29 is 4.79 Å². The molecule has 2 N–H and O–H groups in total. The van der Waals surface area contributed by atoms with Crippen molar-refractivity contribution in [2.75, 3.05) is 5.32 Å². The summed E-state index contributed by atoms with van der Waals surface area (Å²) in [4.78, 5) is 16.3. The van der Waals surface area contributed by atoms with Gasteiger partial charge in [0.1, 0.15) is 5.82 Å². The number of nitrogens with zero attached hydrogens (tertiary/aromatic N) is 2. The Kier molecular flexibility index (Phi) is 5.19. The Bertz CT molecular complexity index is 584. The molecular formula is C13H15BrN4OS. The van der Waals surface area contributed by atoms with Crippen molar-refractivity contribution >= 4 is 39.3 Å². The molecule has 0 fully saturated rings. The lowest BCUT2D eigenvalue weighted by Crippen LogP contribution is -2.22. The van der Waals surface area contributed by atoms with Crippen LogP contribution in [0.25, 0.3) is 0 Å². The summed E-state index contributed by atoms with van der Waals surface area (Å²) in [5.74, 6) is 0.758. The average molecular weight is 355 g/mol. The van der Waals surface area contributed by atoms with E-state index in [0.29, 0.717) is 5.16 Å². The molecule has 1 aromatic carbocycles. The molecule has 20 heavy (non-hydrogen) atoms. The predicted octanol–water partition coefficient (Wildman–Crippen LogP) is 3.25. The van der Waals surface area contributed by atoms with Crippen LogP contribution in [0, 0.1) is 0 Å². The molecule has 1 atom stereocenters. The fourth-order valence-electron chi connectivity index (χ4n) is 1.48. The van der Waals surface area contributed by atoms with Gasteiger partial charge < -0.3 is 5.32 Å². The first-order valence-corrected chi connectivity index (χ1v) is 7.90. The van der Waals surface area contributed by atoms with E-state index in [1.54, 1.807) is 0 Å². The maximum atomic E-state index is 12.1. The van der Waals surface area contributed by atoms with Crippen LogP contribution in [0.1, 0.15) is 19.7 Å². The maximum Gasteiger partial charge on any atom is 0.237 e. The van der Waals surface area contributed by atoms with Gasteiger partial charge in [-0.15, -0.1) is 5.10 Å². The first-order valence-electron chi connectivity index (χ1n) is 6.23. The van der Waals surface area contributed by atoms with Gasteiger partial charge in [0.05, 0.1) is 5.25 Å². The number of halogens is 1. The van der Waals surface area contributed by atoms with Crippen molar-refractivity contribution in [1.29, 1.82) is 0 Å². The van der Waals surface area contributed by atoms with Gasteiger partial charge in [0.2, 0.25) is 11.1 Å². The van der Waals surface area contributed by atoms with Gasteiger partial charge in [0, 0.05) is 16.6 Å². The van der Waals surface area contributed by atoms with Crippen LogP contribution in [0.5, 0.6) is 0 Å². The molecule has 7 heteroatoms. The number of hydrogen-bond acceptors (Lipinski definition) is 4. The minimum absolute atomic E-state index is 0.0693. The van der Waals surface area contributed by atoms with E-state index in [1.165, 1.54) is 11.8 Å². The predicted molar refractivity (Wildman–Crippen MR) is 83.9 cm³/mol. The van der Waals surface area contributed by atoms with Crippen molar-refractivity contribution in [2.24, 2.45) is 0 Å². The van der Waals surface area contributed by atoms with Gasteiger partial charge in [0.15, 0.2) is 0 Å². The van der Waals surface area contributed by atoms with E-state index in [4.69, 9.17) is 0 Å². The number of thioether (sulfide) groups is 1. The highest BCUT2D eigenvalue weighted by Gasteiger charge is 2.17. The summed E-state index contributed by atoms with van der Waals surface area (Å²) in [5.41, 5.74) is 0.773. The Morgan fingerprint density at radius 3 is 2.75 bits per heavy atom. The van der Waals surface area contributed by atoms with E-state index in [9.17, 15) is 4.79 Å². The van der Waals surface area contributed by atoms with Crippen molar-refractivity contribution in [3.63, 3.8) is 0 Å². The van der Waals surface area contributed by atoms with Gasteiger partial charge in [-0.3, -0.25) is 9.89 Å². The third-order valence-electron chi connectivity index (χ3n) is 2.61. The SMILES string of the molecule is CCc1nc(SC(C)C(=O)Nc2ccc(Br)cc2)n[nH]1. The monoisotopic (exact) mass is 354 g/mol. The molecule has 0 bridgehead atoms. The molecule has 2 aromatic rings. The van der Waals surface area contributed by atoms with E-state index in [2.05, 4.69) is 36.4 Å². The number of amides is 1. The average Bonchev–Trinajstić information content (AvgIpc) is 2.89. The first kappa shape index (κ1) is 15.1. The molecule has 1 unspecified atom stereocenters. The number of aryl methyl sites for hydroxylation is 1. The fourth-order valence-corrected chi connectivity index (χ4v) is 2.49. The quantitative estimate of drug-likeness (QED) is 0.808. The Morgan fingerprint density at radius 1 is 1.45 bits per heavy atom. The Labute approximate surface area is 130 Å². The number of hydrogen-bond donors (Lipinski definition) is 2. The lowest BCUT2D eigenvalue weighted by atomic mass is 10.3. The normalized spacial score (nSPS) is 12.2. The third kappa shape index (κ3) is 4.08. The molecule has 0 radical (unpaired) electrons. The number of benzene rings is 1. The summed E-state index contributed by atoms with van der Waals surface area (Å²) in [7, 11) is 0. The number of carbonyl (C=O) groups excluding carboxylic acids is 1. The van der Waals surface area contributed by atoms with Crippen LogP contribution in [0.4, 0.5) is 5.69 Å². The molecule has 0 saturated carbocycles. The molecule has 0 aliphatic heterocycles. The highest BCUT2D eigenvalue weighted by molar-refractivity contribution is 9.10. The summed E-state index contributed by atoms with van der Waals surface area (Å²) in [5, 5.41) is 10.1. The molecule has 1 heterocycles. The van der Waals surface area contributed by atoms with E-state index in [1.807, 2.05) is 38.1 Å². The lowest BCUT2D eigenvalue weighted by molar-refractivity contribution is -0.115. The lowest BCUT2D eigenvalue weighted by Gasteiger charge is -2.10. The van der Waals surface area contributed by atoms with E-state index in [0.717, 1.165) is 22.4 Å². The van der Waals surface area contributed by atoms with Crippen LogP contribution in [0.15, 0.2) is 33.9 Å². The number of anilines is 1. The van der Waals surface area contributed by atoms with E-state index in [-0.39, 0.29) is 11.2 Å². The molecule has 2 rings (SSSR count). The summed E-state index contributed by atoms with van der Waals surface area (Å²) in [6, 6.07) is 7.47. The second-order valence-corrected chi connectivity index (χ2v) is 6.40. The van der Waals surface area contributed by atoms with Crippen LogP contribution >= 0.6 is 27.7 Å². The Morgan fingerprint density at radius 2 is 2.15 bits per heavy atom. The second kappa shape index (κ2) is 6.90. The minimum Gasteiger partial charge on any atom is -0.325 e. The second-order valence-electron chi connectivity index (χ2n) is 4.17. The van der Waals surface area contributed by atoms with Gasteiger partial charge in [-0.05, 0) is 31.2 Å². The molecule has 1 amide bonds. The zero-order valence-electron chi connectivity index (χ0n) is 11.2. The molecule has 0 aliphatic rings. The van der Waals surface area contributed by atoms with Gasteiger partial charge in [0.25, 0.3) is 0 Å². The molecule has 0 aliphatic carbocycles. The molecule has 1 aromatic heterocycles. The summed E-state index contributed by atoms with van der Waals surface area (Å²) in [6.45, 7) is 3.83. The zero-order chi connectivity index (χ0) is 14.5. The Hall–Kier alpha value is -1.34. The maximum absolute atomic E-state index is 12.1. The van der Waals surface area contributed by atoms with Crippen LogP contribution < -0.4 is 5.32 Å². The zero-order valence-corrected chi connectivity index (χ0v) is 13.6. The number of carbonyl (C=O) groups is 1. The van der Waals surface area contributed by atoms with Gasteiger partial charge >= 0.3 is 0 Å². The standard InChI is InChI=1S/C13H15BrN4OS/c1-3-11-16-13(18-17-11)20-8(2)12(19)15-10-6-4-9(14)5-7-10/h4-8H,3H2,1-2H3,(H,15,19)(H,16,17,18). The molecule has 0 saturated heterocycles. The largest absolute Gasteiger partial charge is 0.325 e. The highest BCUT2D eigenvalue weighted by Crippen LogP contribution is 2.21. The molecular weight excluding hydrogens is 340 g/mol. The fraction of sp³-hybridized carbons (Fsp3) is 0.308. The van der Waals surface area contributed by atoms with E-state index < -0.39 is 0 Å². The molecule has 5 nitrogen and oxygen atoms in total. The van der Waals surface area contributed by atoms with Crippen molar-refractivity contribution in [1.82, 2.24) is 15.2 Å². The molecule has 0 spiro atoms. The molecule has 106 valence electrons. The van der Waals surface area contributed by atoms with Gasteiger partial charge in [-0.2, -0.15) is 0 Å². The highest BCUT2D eigenvalue weighted by atomic mass is 79.9. The number of aromatic nitrogens is 3. The topological polar surface area (TPSA) is 70.7 Å². The number of rotatable bonds is 5. The van der Waals surface area contributed by atoms with Crippen molar-refractivity contribution in [3.8, 4) is 0 Å². The van der Waals surface area contributed by atoms with Crippen LogP contribution in [-0.4, -0.2) is 26.3 Å². The van der Waals surface area contributed by atoms with Crippen LogP contribution in [0.2, 0.25) is 0 Å². The summed E-state index contributed by atoms with van der Waals surface area (Å²) < 4.78 is 0.978. The van der Waals surface area contributed by atoms with Crippen LogP contribution in [-0.2, 0) is 11.2 Å². The first-order chi connectivity index (χ1) is 9.58. The number of aromatic amines is 1. The minimum atomic E-state index is -0.265. The smallest absolute Gasteiger partial charge is 0.237 e. The van der Waals surface area contributed by atoms with Gasteiger partial charge in [-0.1, -0.05) is 34.6 Å². The summed E-state index contributed by atoms with van der Waals surface area (Å²) in [6.07, 6.45) is 0.799. The van der Waals surface area contributed by atoms with Gasteiger partial charge in [-0.25, -0.2) is 4.98 Å². The van der Waals surface area contributed by atoms with E-state index >= 15 is 0 Å². The number of H-pyrrole nitrogens is 1.